The second-order valence-corrected chi connectivity index (χ2v) is 13.3. The molecule has 0 saturated heterocycles. The highest BCUT2D eigenvalue weighted by Gasteiger charge is 2.28. The Labute approximate surface area is 271 Å². The molecule has 0 unspecified atom stereocenters. The smallest absolute Gasteiger partial charge is 0.210 e. The van der Waals surface area contributed by atoms with Crippen LogP contribution in [-0.2, 0) is 12.8 Å². The van der Waals surface area contributed by atoms with Crippen LogP contribution < -0.4 is 0 Å². The van der Waals surface area contributed by atoms with Gasteiger partial charge in [0.25, 0.3) is 0 Å². The molecule has 0 saturated carbocycles. The largest absolute Gasteiger partial charge is 0.493 e. The Bertz CT molecular complexity index is 1150. The maximum absolute atomic E-state index is 11.5. The molecule has 0 N–H and O–H groups in total. The summed E-state index contributed by atoms with van der Waals surface area (Å²) in [5, 5.41) is 0. The quantitative estimate of drug-likeness (QED) is 0.0804. The molecule has 0 fully saturated rings. The highest BCUT2D eigenvalue weighted by molar-refractivity contribution is 5.78. The topological polar surface area (TPSA) is 25.3 Å². The standard InChI is InChI=1S/C42H64N2/c1-4-7-9-11-12-13-14-15-16-17-18-19-20-21-22-23-27-37-29-26-31-38(34-37)41-35-40(30-24-10-8-5-2)42(44(41)43)39-32-25-28-36(6-3)33-39/h25-26,28-29,31-35H,4-24,27,30H2,1-3H3. The van der Waals surface area contributed by atoms with Crippen molar-refractivity contribution in [2.24, 2.45) is 0 Å². The molecule has 2 heteroatoms. The third kappa shape index (κ3) is 12.9. The highest BCUT2D eigenvalue weighted by atomic mass is 15.2. The first kappa shape index (κ1) is 36.0. The minimum Gasteiger partial charge on any atom is -0.493 e. The molecule has 44 heavy (non-hydrogen) atoms. The van der Waals surface area contributed by atoms with Crippen molar-refractivity contribution in [1.29, 1.82) is 0 Å². The lowest BCUT2D eigenvalue weighted by Gasteiger charge is -2.11. The highest BCUT2D eigenvalue weighted by Crippen LogP contribution is 2.38. The zero-order valence-electron chi connectivity index (χ0n) is 28.9. The number of allylic oxidation sites excluding steroid dienone is 2. The van der Waals surface area contributed by atoms with E-state index in [-0.39, 0.29) is 0 Å². The number of hydrogen-bond acceptors (Lipinski definition) is 0. The fraction of sp³-hybridized carbons (Fsp3) is 0.619. The summed E-state index contributed by atoms with van der Waals surface area (Å²) >= 11 is 0. The molecule has 2 nitrogen and oxygen atoms in total. The van der Waals surface area contributed by atoms with E-state index >= 15 is 0 Å². The second kappa shape index (κ2) is 22.1. The first-order valence-corrected chi connectivity index (χ1v) is 18.8. The fourth-order valence-corrected chi connectivity index (χ4v) is 6.70. The van der Waals surface area contributed by atoms with Gasteiger partial charge in [-0.3, -0.25) is 0 Å². The van der Waals surface area contributed by atoms with Crippen molar-refractivity contribution in [1.82, 2.24) is 0 Å². The van der Waals surface area contributed by atoms with Gasteiger partial charge < -0.3 is 5.53 Å². The molecule has 1 aliphatic rings. The van der Waals surface area contributed by atoms with E-state index < -0.39 is 0 Å². The Hall–Kier alpha value is -2.48. The molecular weight excluding hydrogens is 532 g/mol. The van der Waals surface area contributed by atoms with Crippen molar-refractivity contribution in [3.8, 4) is 0 Å². The van der Waals surface area contributed by atoms with Crippen LogP contribution in [0.4, 0.5) is 0 Å². The van der Waals surface area contributed by atoms with Gasteiger partial charge >= 0.3 is 0 Å². The Morgan fingerprint density at radius 1 is 0.500 bits per heavy atom. The summed E-state index contributed by atoms with van der Waals surface area (Å²) in [6.45, 7) is 6.75. The summed E-state index contributed by atoms with van der Waals surface area (Å²) in [5.41, 5.74) is 19.6. The van der Waals surface area contributed by atoms with Gasteiger partial charge in [-0.1, -0.05) is 161 Å². The lowest BCUT2D eigenvalue weighted by atomic mass is 9.99. The number of rotatable bonds is 25. The predicted molar refractivity (Wildman–Crippen MR) is 193 cm³/mol. The van der Waals surface area contributed by atoms with E-state index in [1.54, 1.807) is 0 Å². The third-order valence-electron chi connectivity index (χ3n) is 9.51. The monoisotopic (exact) mass is 597 g/mol. The van der Waals surface area contributed by atoms with Crippen LogP contribution >= 0.6 is 0 Å². The molecule has 0 aliphatic carbocycles. The van der Waals surface area contributed by atoms with Crippen LogP contribution in [0, 0.1) is 0 Å². The molecule has 3 rings (SSSR count). The van der Waals surface area contributed by atoms with Gasteiger partial charge in [0.2, 0.25) is 11.4 Å². The van der Waals surface area contributed by atoms with Gasteiger partial charge in [0.15, 0.2) is 0 Å². The van der Waals surface area contributed by atoms with E-state index in [0.29, 0.717) is 0 Å². The van der Waals surface area contributed by atoms with Crippen LogP contribution in [0.5, 0.6) is 0 Å². The number of benzene rings is 2. The summed E-state index contributed by atoms with van der Waals surface area (Å²) in [7, 11) is 0. The lowest BCUT2D eigenvalue weighted by molar-refractivity contribution is -0.344. The SMILES string of the molecule is CCCCCCCCCCCCCCCCCCc1cccc(C2=CC(CCCCCC)=C(c3cccc(CC)c3)[N+]2=[N-])c1. The summed E-state index contributed by atoms with van der Waals surface area (Å²) in [6, 6.07) is 17.6. The van der Waals surface area contributed by atoms with Gasteiger partial charge in [0.05, 0.1) is 0 Å². The molecule has 0 spiro atoms. The summed E-state index contributed by atoms with van der Waals surface area (Å²) in [4.78, 5) is 0. The molecule has 0 radical (unpaired) electrons. The Balaban J connectivity index is 1.40. The zero-order chi connectivity index (χ0) is 31.2. The van der Waals surface area contributed by atoms with Crippen molar-refractivity contribution in [3.05, 3.63) is 88.0 Å². The fourth-order valence-electron chi connectivity index (χ4n) is 6.70. The molecule has 0 amide bonds. The Morgan fingerprint density at radius 3 is 1.52 bits per heavy atom. The van der Waals surface area contributed by atoms with Crippen LogP contribution in [0.15, 0.2) is 60.2 Å². The van der Waals surface area contributed by atoms with E-state index in [0.717, 1.165) is 48.2 Å². The predicted octanol–water partition coefficient (Wildman–Crippen LogP) is 13.8. The second-order valence-electron chi connectivity index (χ2n) is 13.3. The number of nitrogens with zero attached hydrogens (tertiary/aromatic N) is 2. The van der Waals surface area contributed by atoms with Crippen molar-refractivity contribution in [2.75, 3.05) is 0 Å². The maximum atomic E-state index is 11.5. The average Bonchev–Trinajstić information content (AvgIpc) is 3.38. The minimum absolute atomic E-state index is 0.918. The van der Waals surface area contributed by atoms with Crippen LogP contribution in [0.1, 0.15) is 178 Å². The summed E-state index contributed by atoms with van der Waals surface area (Å²) in [5.74, 6) is 0. The summed E-state index contributed by atoms with van der Waals surface area (Å²) in [6.07, 6.45) is 32.8. The zero-order valence-corrected chi connectivity index (χ0v) is 28.9. The average molecular weight is 597 g/mol. The van der Waals surface area contributed by atoms with Crippen LogP contribution in [0.2, 0.25) is 0 Å². The molecular formula is C42H64N2. The third-order valence-corrected chi connectivity index (χ3v) is 9.51. The molecule has 0 aromatic heterocycles. The van der Waals surface area contributed by atoms with E-state index in [4.69, 9.17) is 0 Å². The molecule has 1 aliphatic heterocycles. The maximum Gasteiger partial charge on any atom is 0.210 e. The molecule has 2 aromatic rings. The Morgan fingerprint density at radius 2 is 0.955 bits per heavy atom. The van der Waals surface area contributed by atoms with E-state index in [9.17, 15) is 5.53 Å². The van der Waals surface area contributed by atoms with Crippen LogP contribution in [0.3, 0.4) is 0 Å². The van der Waals surface area contributed by atoms with Crippen molar-refractivity contribution >= 4 is 11.4 Å². The number of unbranched alkanes of at least 4 members (excludes halogenated alkanes) is 18. The summed E-state index contributed by atoms with van der Waals surface area (Å²) < 4.78 is 1.47. The van der Waals surface area contributed by atoms with Gasteiger partial charge in [-0.2, -0.15) is 0 Å². The first-order chi connectivity index (χ1) is 21.7. The lowest BCUT2D eigenvalue weighted by Crippen LogP contribution is -2.03. The number of aryl methyl sites for hydroxylation is 2. The molecule has 0 atom stereocenters. The van der Waals surface area contributed by atoms with Crippen molar-refractivity contribution in [2.45, 2.75) is 168 Å². The number of hydrogen-bond donors (Lipinski definition) is 0. The van der Waals surface area contributed by atoms with Crippen LogP contribution in [0.25, 0.3) is 16.9 Å². The molecule has 242 valence electrons. The van der Waals surface area contributed by atoms with Gasteiger partial charge in [-0.25, -0.2) is 4.70 Å². The van der Waals surface area contributed by atoms with Crippen molar-refractivity contribution < 1.29 is 4.70 Å². The van der Waals surface area contributed by atoms with Gasteiger partial charge in [-0.15, -0.1) is 0 Å². The van der Waals surface area contributed by atoms with Gasteiger partial charge in [-0.05, 0) is 67.5 Å². The normalized spacial score (nSPS) is 13.2. The Kier molecular flexibility index (Phi) is 18.1. The molecule has 0 bridgehead atoms. The van der Waals surface area contributed by atoms with E-state index in [2.05, 4.69) is 75.4 Å². The molecule has 1 heterocycles. The van der Waals surface area contributed by atoms with E-state index in [1.165, 1.54) is 143 Å². The van der Waals surface area contributed by atoms with Gasteiger partial charge in [0.1, 0.15) is 0 Å². The van der Waals surface area contributed by atoms with Crippen molar-refractivity contribution in [3.63, 3.8) is 0 Å². The van der Waals surface area contributed by atoms with Crippen LogP contribution in [-0.4, -0.2) is 4.70 Å². The minimum atomic E-state index is 0.918. The van der Waals surface area contributed by atoms with Gasteiger partial charge in [0, 0.05) is 22.8 Å². The molecule has 2 aromatic carbocycles. The van der Waals surface area contributed by atoms with E-state index in [1.807, 2.05) is 0 Å². The first-order valence-electron chi connectivity index (χ1n) is 18.8.